The number of piperidine rings is 1. The molecule has 0 aliphatic carbocycles. The lowest BCUT2D eigenvalue weighted by Gasteiger charge is -2.33. The van der Waals surface area contributed by atoms with E-state index >= 15 is 0 Å². The fourth-order valence-electron chi connectivity index (χ4n) is 3.01. The van der Waals surface area contributed by atoms with Crippen LogP contribution in [0.1, 0.15) is 18.9 Å². The molecule has 0 spiro atoms. The number of aromatic nitrogens is 2. The monoisotopic (exact) mass is 345 g/mol. The first kappa shape index (κ1) is 16.3. The Balaban J connectivity index is 1.82. The molecule has 1 aliphatic rings. The molecule has 0 unspecified atom stereocenters. The molecule has 124 valence electrons. The van der Waals surface area contributed by atoms with Gasteiger partial charge in [0.2, 0.25) is 0 Å². The van der Waals surface area contributed by atoms with Gasteiger partial charge in [-0.1, -0.05) is 17.7 Å². The summed E-state index contributed by atoms with van der Waals surface area (Å²) >= 11 is 6.08. The number of fused-ring (bicyclic) bond motifs is 1. The second-order valence-corrected chi connectivity index (χ2v) is 6.12. The molecule has 0 atom stereocenters. The number of rotatable bonds is 2. The number of benzene rings is 1. The fraction of sp³-hybridized carbons (Fsp3) is 0.467. The molecule has 0 amide bonds. The van der Waals surface area contributed by atoms with Crippen molar-refractivity contribution in [2.75, 3.05) is 19.6 Å². The van der Waals surface area contributed by atoms with E-state index in [1.54, 1.807) is 18.2 Å². The second-order valence-electron chi connectivity index (χ2n) is 5.71. The number of nitrogens with zero attached hydrogens (tertiary/aromatic N) is 3. The van der Waals surface area contributed by atoms with E-state index in [1.807, 2.05) is 0 Å². The van der Waals surface area contributed by atoms with E-state index in [0.29, 0.717) is 41.9 Å². The van der Waals surface area contributed by atoms with Crippen molar-refractivity contribution in [2.45, 2.75) is 25.1 Å². The maximum absolute atomic E-state index is 12.6. The lowest BCUT2D eigenvalue weighted by Crippen LogP contribution is -2.42. The van der Waals surface area contributed by atoms with E-state index in [-0.39, 0.29) is 11.6 Å². The molecule has 1 aromatic carbocycles. The Bertz CT molecular complexity index is 767. The molecule has 1 fully saturated rings. The third-order valence-corrected chi connectivity index (χ3v) is 4.43. The van der Waals surface area contributed by atoms with Gasteiger partial charge in [-0.15, -0.1) is 0 Å². The second kappa shape index (κ2) is 6.13. The molecule has 0 N–H and O–H groups in total. The minimum Gasteiger partial charge on any atom is -0.295 e. The highest BCUT2D eigenvalue weighted by Gasteiger charge is 2.33. The quantitative estimate of drug-likeness (QED) is 0.838. The van der Waals surface area contributed by atoms with Gasteiger partial charge in [0.05, 0.1) is 28.8 Å². The van der Waals surface area contributed by atoms with Gasteiger partial charge in [-0.3, -0.25) is 14.3 Å². The van der Waals surface area contributed by atoms with Crippen molar-refractivity contribution >= 4 is 22.5 Å². The summed E-state index contributed by atoms with van der Waals surface area (Å²) in [6.07, 6.45) is -1.77. The Morgan fingerprint density at radius 2 is 1.96 bits per heavy atom. The van der Waals surface area contributed by atoms with Gasteiger partial charge < -0.3 is 0 Å². The van der Waals surface area contributed by atoms with Gasteiger partial charge in [-0.25, -0.2) is 4.98 Å². The number of alkyl halides is 3. The zero-order valence-corrected chi connectivity index (χ0v) is 12.9. The Morgan fingerprint density at radius 1 is 1.26 bits per heavy atom. The van der Waals surface area contributed by atoms with Crippen LogP contribution < -0.4 is 5.56 Å². The van der Waals surface area contributed by atoms with Crippen LogP contribution in [-0.2, 0) is 0 Å². The molecule has 3 rings (SSSR count). The first-order valence-electron chi connectivity index (χ1n) is 7.29. The molecule has 0 radical (unpaired) electrons. The largest absolute Gasteiger partial charge is 0.401 e. The Labute approximate surface area is 135 Å². The fourth-order valence-corrected chi connectivity index (χ4v) is 3.26. The van der Waals surface area contributed by atoms with E-state index < -0.39 is 12.7 Å². The first-order valence-corrected chi connectivity index (χ1v) is 7.67. The average Bonchev–Trinajstić information content (AvgIpc) is 2.47. The van der Waals surface area contributed by atoms with Crippen LogP contribution in [-0.4, -0.2) is 40.3 Å². The van der Waals surface area contributed by atoms with Crippen LogP contribution >= 0.6 is 11.6 Å². The van der Waals surface area contributed by atoms with Crippen LogP contribution in [0.2, 0.25) is 5.02 Å². The predicted molar refractivity (Wildman–Crippen MR) is 81.8 cm³/mol. The number of hydrogen-bond acceptors (Lipinski definition) is 3. The van der Waals surface area contributed by atoms with Crippen LogP contribution in [0.5, 0.6) is 0 Å². The van der Waals surface area contributed by atoms with Crippen LogP contribution in [0.25, 0.3) is 10.9 Å². The van der Waals surface area contributed by atoms with Crippen molar-refractivity contribution in [3.8, 4) is 0 Å². The van der Waals surface area contributed by atoms with Crippen molar-refractivity contribution in [1.82, 2.24) is 14.5 Å². The van der Waals surface area contributed by atoms with Crippen molar-refractivity contribution in [3.05, 3.63) is 39.9 Å². The van der Waals surface area contributed by atoms with E-state index in [4.69, 9.17) is 11.6 Å². The third-order valence-electron chi connectivity index (χ3n) is 4.11. The van der Waals surface area contributed by atoms with E-state index in [0.717, 1.165) is 0 Å². The van der Waals surface area contributed by atoms with Crippen LogP contribution in [0, 0.1) is 0 Å². The third kappa shape index (κ3) is 3.50. The normalized spacial score (nSPS) is 17.7. The topological polar surface area (TPSA) is 38.1 Å². The zero-order valence-electron chi connectivity index (χ0n) is 12.2. The highest BCUT2D eigenvalue weighted by molar-refractivity contribution is 6.35. The predicted octanol–water partition coefficient (Wildman–Crippen LogP) is 3.25. The van der Waals surface area contributed by atoms with Crippen molar-refractivity contribution < 1.29 is 13.2 Å². The molecule has 4 nitrogen and oxygen atoms in total. The van der Waals surface area contributed by atoms with Crippen molar-refractivity contribution in [1.29, 1.82) is 0 Å². The molecule has 2 heterocycles. The van der Waals surface area contributed by atoms with Gasteiger partial charge in [-0.05, 0) is 25.0 Å². The number of hydrogen-bond donors (Lipinski definition) is 0. The minimum absolute atomic E-state index is 0.153. The minimum atomic E-state index is -4.19. The summed E-state index contributed by atoms with van der Waals surface area (Å²) in [5.74, 6) is 0. The molecule has 8 heteroatoms. The molecule has 1 aliphatic heterocycles. The van der Waals surface area contributed by atoms with Gasteiger partial charge in [0.25, 0.3) is 5.56 Å². The summed E-state index contributed by atoms with van der Waals surface area (Å²) in [6.45, 7) is -0.301. The smallest absolute Gasteiger partial charge is 0.295 e. The van der Waals surface area contributed by atoms with Crippen molar-refractivity contribution in [3.63, 3.8) is 0 Å². The first-order chi connectivity index (χ1) is 10.8. The Morgan fingerprint density at radius 3 is 2.61 bits per heavy atom. The Kier molecular flexibility index (Phi) is 4.33. The van der Waals surface area contributed by atoms with E-state index in [2.05, 4.69) is 4.98 Å². The average molecular weight is 346 g/mol. The van der Waals surface area contributed by atoms with Crippen LogP contribution in [0.15, 0.2) is 29.3 Å². The Hall–Kier alpha value is -1.60. The maximum Gasteiger partial charge on any atom is 0.401 e. The standard InChI is InChI=1S/C15H15ClF3N3O/c16-11-2-1-3-12-13(11)14(23)22(9-20-12)10-4-6-21(7-5-10)8-15(17,18)19/h1-3,9-10H,4-8H2. The SMILES string of the molecule is O=c1c2c(Cl)cccc2ncn1C1CCN(CC(F)(F)F)CC1. The summed E-state index contributed by atoms with van der Waals surface area (Å²) in [5, 5.41) is 0.693. The molecule has 23 heavy (non-hydrogen) atoms. The van der Waals surface area contributed by atoms with Gasteiger partial charge >= 0.3 is 6.18 Å². The lowest BCUT2D eigenvalue weighted by molar-refractivity contribution is -0.148. The van der Waals surface area contributed by atoms with Gasteiger partial charge in [-0.2, -0.15) is 13.2 Å². The summed E-state index contributed by atoms with van der Waals surface area (Å²) < 4.78 is 38.8. The molecule has 0 saturated carbocycles. The summed E-state index contributed by atoms with van der Waals surface area (Å²) in [6, 6.07) is 4.90. The van der Waals surface area contributed by atoms with Crippen molar-refractivity contribution in [2.24, 2.45) is 0 Å². The summed E-state index contributed by atoms with van der Waals surface area (Å²) in [4.78, 5) is 18.2. The molecule has 1 aromatic heterocycles. The van der Waals surface area contributed by atoms with Crippen LogP contribution in [0.4, 0.5) is 13.2 Å². The summed E-state index contributed by atoms with van der Waals surface area (Å²) in [7, 11) is 0. The zero-order chi connectivity index (χ0) is 16.6. The number of halogens is 4. The summed E-state index contributed by atoms with van der Waals surface area (Å²) in [5.41, 5.74) is 0.281. The molecule has 1 saturated heterocycles. The van der Waals surface area contributed by atoms with E-state index in [1.165, 1.54) is 15.8 Å². The maximum atomic E-state index is 12.6. The lowest BCUT2D eigenvalue weighted by atomic mass is 10.0. The molecular weight excluding hydrogens is 331 g/mol. The number of likely N-dealkylation sites (tertiary alicyclic amines) is 1. The molecule has 0 bridgehead atoms. The molecular formula is C15H15ClF3N3O. The van der Waals surface area contributed by atoms with Gasteiger partial charge in [0.15, 0.2) is 0 Å². The van der Waals surface area contributed by atoms with Gasteiger partial charge in [0, 0.05) is 19.1 Å². The van der Waals surface area contributed by atoms with E-state index in [9.17, 15) is 18.0 Å². The highest BCUT2D eigenvalue weighted by Crippen LogP contribution is 2.25. The van der Waals surface area contributed by atoms with Crippen LogP contribution in [0.3, 0.4) is 0 Å². The van der Waals surface area contributed by atoms with Gasteiger partial charge in [0.1, 0.15) is 0 Å². The molecule has 2 aromatic rings. The highest BCUT2D eigenvalue weighted by atomic mass is 35.5.